The summed E-state index contributed by atoms with van der Waals surface area (Å²) >= 11 is 0. The number of amides is 2. The molecule has 0 radical (unpaired) electrons. The first-order valence-electron chi connectivity index (χ1n) is 12.1. The second-order valence-electron chi connectivity index (χ2n) is 9.35. The molecule has 0 bridgehead atoms. The van der Waals surface area contributed by atoms with Gasteiger partial charge in [-0.2, -0.15) is 4.31 Å². The molecule has 2 amide bonds. The van der Waals surface area contributed by atoms with Crippen LogP contribution in [0.5, 0.6) is 0 Å². The Morgan fingerprint density at radius 1 is 0.971 bits per heavy atom. The number of nitrogens with zero attached hydrogens (tertiary/aromatic N) is 2. The molecule has 9 heteroatoms. The van der Waals surface area contributed by atoms with Crippen LogP contribution < -0.4 is 5.32 Å². The minimum absolute atomic E-state index is 0.0885. The molecule has 2 heterocycles. The van der Waals surface area contributed by atoms with Crippen LogP contribution in [-0.4, -0.2) is 73.9 Å². The largest absolute Gasteiger partial charge is 0.373 e. The van der Waals surface area contributed by atoms with Gasteiger partial charge < -0.3 is 15.0 Å². The normalized spacial score (nSPS) is 22.1. The van der Waals surface area contributed by atoms with Gasteiger partial charge in [0, 0.05) is 38.2 Å². The molecule has 3 atom stereocenters. The molecule has 0 aliphatic carbocycles. The fraction of sp³-hybridized carbons (Fsp3) is 0.462. The van der Waals surface area contributed by atoms with Gasteiger partial charge in [0.15, 0.2) is 0 Å². The van der Waals surface area contributed by atoms with Crippen LogP contribution in [-0.2, 0) is 26.0 Å². The second kappa shape index (κ2) is 10.9. The fourth-order valence-corrected chi connectivity index (χ4v) is 6.29. The first kappa shape index (κ1) is 25.3. The lowest BCUT2D eigenvalue weighted by Crippen LogP contribution is -2.49. The zero-order valence-corrected chi connectivity index (χ0v) is 21.0. The predicted octanol–water partition coefficient (Wildman–Crippen LogP) is 2.45. The van der Waals surface area contributed by atoms with Gasteiger partial charge in [-0.3, -0.25) is 9.59 Å². The number of hydrogen-bond donors (Lipinski definition) is 1. The Morgan fingerprint density at radius 2 is 1.57 bits per heavy atom. The molecule has 2 aromatic rings. The topological polar surface area (TPSA) is 96.0 Å². The predicted molar refractivity (Wildman–Crippen MR) is 132 cm³/mol. The van der Waals surface area contributed by atoms with E-state index in [1.807, 2.05) is 44.2 Å². The number of nitrogens with one attached hydrogen (secondary N) is 1. The molecule has 0 unspecified atom stereocenters. The Balaban J connectivity index is 1.48. The van der Waals surface area contributed by atoms with E-state index in [4.69, 9.17) is 4.74 Å². The number of hydrogen-bond acceptors (Lipinski definition) is 5. The van der Waals surface area contributed by atoms with Gasteiger partial charge in [-0.25, -0.2) is 8.42 Å². The third-order valence-electron chi connectivity index (χ3n) is 6.44. The van der Waals surface area contributed by atoms with Crippen LogP contribution in [0.3, 0.4) is 0 Å². The molecule has 0 aromatic heterocycles. The van der Waals surface area contributed by atoms with Gasteiger partial charge in [0.2, 0.25) is 15.9 Å². The fourth-order valence-electron chi connectivity index (χ4n) is 4.70. The van der Waals surface area contributed by atoms with E-state index in [1.165, 1.54) is 28.6 Å². The average molecular weight is 500 g/mol. The summed E-state index contributed by atoms with van der Waals surface area (Å²) in [4.78, 5) is 28.1. The van der Waals surface area contributed by atoms with Crippen molar-refractivity contribution in [1.29, 1.82) is 0 Å². The maximum absolute atomic E-state index is 13.1. The van der Waals surface area contributed by atoms with E-state index in [-0.39, 0.29) is 36.1 Å². The van der Waals surface area contributed by atoms with Crippen LogP contribution in [0.15, 0.2) is 59.5 Å². The summed E-state index contributed by atoms with van der Waals surface area (Å²) < 4.78 is 33.3. The summed E-state index contributed by atoms with van der Waals surface area (Å²) in [6.45, 7) is 5.67. The van der Waals surface area contributed by atoms with Crippen LogP contribution in [0, 0.1) is 0 Å². The molecule has 188 valence electrons. The van der Waals surface area contributed by atoms with Gasteiger partial charge in [0.05, 0.1) is 17.1 Å². The number of carbonyl (C=O) groups excluding carboxylic acids is 2. The van der Waals surface area contributed by atoms with Gasteiger partial charge in [-0.15, -0.1) is 0 Å². The van der Waals surface area contributed by atoms with Crippen LogP contribution in [0.2, 0.25) is 0 Å². The van der Waals surface area contributed by atoms with Crippen molar-refractivity contribution < 1.29 is 22.7 Å². The summed E-state index contributed by atoms with van der Waals surface area (Å²) in [5, 5.41) is 2.89. The van der Waals surface area contributed by atoms with E-state index < -0.39 is 22.0 Å². The molecule has 2 saturated heterocycles. The van der Waals surface area contributed by atoms with Crippen molar-refractivity contribution in [2.45, 2.75) is 56.3 Å². The van der Waals surface area contributed by atoms with E-state index in [1.54, 1.807) is 4.90 Å². The molecule has 4 rings (SSSR count). The standard InChI is InChI=1S/C26H33N3O5S/c1-19-17-29(18-20(2)34-19)35(32,33)23-12-10-22(11-13-23)25(30)27-24(16-21-8-4-3-5-9-21)26(31)28-14-6-7-15-28/h3-5,8-13,19-20,24H,6-7,14-18H2,1-2H3,(H,27,30)/t19-,20-,24-/m1/s1. The SMILES string of the molecule is C[C@@H]1CN(S(=O)(=O)c2ccc(C(=O)N[C@H](Cc3ccccc3)C(=O)N3CCCC3)cc2)C[C@@H](C)O1. The molecule has 35 heavy (non-hydrogen) atoms. The number of rotatable bonds is 7. The van der Waals surface area contributed by atoms with Crippen molar-refractivity contribution in [2.75, 3.05) is 26.2 Å². The number of benzene rings is 2. The molecule has 2 aromatic carbocycles. The molecule has 1 N–H and O–H groups in total. The van der Waals surface area contributed by atoms with Gasteiger partial charge in [-0.05, 0) is 56.5 Å². The van der Waals surface area contributed by atoms with Crippen molar-refractivity contribution >= 4 is 21.8 Å². The smallest absolute Gasteiger partial charge is 0.251 e. The maximum Gasteiger partial charge on any atom is 0.251 e. The molecule has 2 aliphatic rings. The molecule has 0 spiro atoms. The first-order valence-corrected chi connectivity index (χ1v) is 13.6. The van der Waals surface area contributed by atoms with Gasteiger partial charge in [0.1, 0.15) is 6.04 Å². The maximum atomic E-state index is 13.1. The molecule has 0 saturated carbocycles. The van der Waals surface area contributed by atoms with E-state index >= 15 is 0 Å². The van der Waals surface area contributed by atoms with E-state index in [2.05, 4.69) is 5.32 Å². The van der Waals surface area contributed by atoms with Crippen molar-refractivity contribution in [1.82, 2.24) is 14.5 Å². The van der Waals surface area contributed by atoms with Crippen LogP contribution in [0.25, 0.3) is 0 Å². The van der Waals surface area contributed by atoms with Gasteiger partial charge in [-0.1, -0.05) is 30.3 Å². The highest BCUT2D eigenvalue weighted by Crippen LogP contribution is 2.22. The van der Waals surface area contributed by atoms with Crippen LogP contribution in [0.1, 0.15) is 42.6 Å². The van der Waals surface area contributed by atoms with E-state index in [0.29, 0.717) is 25.1 Å². The highest BCUT2D eigenvalue weighted by atomic mass is 32.2. The van der Waals surface area contributed by atoms with Crippen molar-refractivity contribution in [3.8, 4) is 0 Å². The van der Waals surface area contributed by atoms with Crippen molar-refractivity contribution in [3.63, 3.8) is 0 Å². The quantitative estimate of drug-likeness (QED) is 0.631. The Hall–Kier alpha value is -2.75. The molecule has 8 nitrogen and oxygen atoms in total. The van der Waals surface area contributed by atoms with E-state index in [0.717, 1.165) is 18.4 Å². The highest BCUT2D eigenvalue weighted by molar-refractivity contribution is 7.89. The Morgan fingerprint density at radius 3 is 2.17 bits per heavy atom. The first-order chi connectivity index (χ1) is 16.7. The van der Waals surface area contributed by atoms with Crippen LogP contribution >= 0.6 is 0 Å². The molecule has 2 aliphatic heterocycles. The number of likely N-dealkylation sites (tertiary alicyclic amines) is 1. The monoisotopic (exact) mass is 499 g/mol. The minimum Gasteiger partial charge on any atom is -0.373 e. The van der Waals surface area contributed by atoms with E-state index in [9.17, 15) is 18.0 Å². The average Bonchev–Trinajstić information content (AvgIpc) is 3.38. The highest BCUT2D eigenvalue weighted by Gasteiger charge is 2.32. The third kappa shape index (κ3) is 6.09. The number of carbonyl (C=O) groups is 2. The van der Waals surface area contributed by atoms with Crippen LogP contribution in [0.4, 0.5) is 0 Å². The number of morpholine rings is 1. The summed E-state index contributed by atoms with van der Waals surface area (Å²) in [7, 11) is -3.70. The Kier molecular flexibility index (Phi) is 7.88. The lowest BCUT2D eigenvalue weighted by Gasteiger charge is -2.34. The third-order valence-corrected chi connectivity index (χ3v) is 8.29. The number of sulfonamides is 1. The summed E-state index contributed by atoms with van der Waals surface area (Å²) in [5.74, 6) is -0.495. The lowest BCUT2D eigenvalue weighted by atomic mass is 10.0. The van der Waals surface area contributed by atoms with Crippen molar-refractivity contribution in [2.24, 2.45) is 0 Å². The second-order valence-corrected chi connectivity index (χ2v) is 11.3. The van der Waals surface area contributed by atoms with Crippen molar-refractivity contribution in [3.05, 3.63) is 65.7 Å². The minimum atomic E-state index is -3.70. The zero-order chi connectivity index (χ0) is 25.0. The Bertz CT molecular complexity index is 1120. The lowest BCUT2D eigenvalue weighted by molar-refractivity contribution is -0.132. The molecular formula is C26H33N3O5S. The summed E-state index contributed by atoms with van der Waals surface area (Å²) in [6.07, 6.45) is 1.95. The number of ether oxygens (including phenoxy) is 1. The molecular weight excluding hydrogens is 466 g/mol. The summed E-state index contributed by atoms with van der Waals surface area (Å²) in [6, 6.07) is 14.8. The Labute approximate surface area is 207 Å². The van der Waals surface area contributed by atoms with Gasteiger partial charge in [0.25, 0.3) is 5.91 Å². The zero-order valence-electron chi connectivity index (χ0n) is 20.2. The van der Waals surface area contributed by atoms with Gasteiger partial charge >= 0.3 is 0 Å². The summed E-state index contributed by atoms with van der Waals surface area (Å²) in [5.41, 5.74) is 1.26. The molecule has 2 fully saturated rings.